The summed E-state index contributed by atoms with van der Waals surface area (Å²) in [6.45, 7) is -1.16. The van der Waals surface area contributed by atoms with Crippen molar-refractivity contribution in [2.75, 3.05) is 6.61 Å². The maximum atomic E-state index is 11.8. The number of alkyl halides is 7. The van der Waals surface area contributed by atoms with Gasteiger partial charge in [0.15, 0.2) is 5.92 Å². The van der Waals surface area contributed by atoms with E-state index in [0.717, 1.165) is 22.6 Å². The van der Waals surface area contributed by atoms with Crippen molar-refractivity contribution >= 4 is 22.6 Å². The van der Waals surface area contributed by atoms with E-state index in [0.29, 0.717) is 0 Å². The lowest BCUT2D eigenvalue weighted by atomic mass is 10.1. The summed E-state index contributed by atoms with van der Waals surface area (Å²) < 4.78 is 69.0. The molecule has 0 aliphatic carbocycles. The third-order valence-electron chi connectivity index (χ3n) is 1.24. The van der Waals surface area contributed by atoms with Crippen LogP contribution in [-0.4, -0.2) is 28.0 Å². The highest BCUT2D eigenvalue weighted by Crippen LogP contribution is 2.43. The van der Waals surface area contributed by atoms with Crippen molar-refractivity contribution in [1.29, 1.82) is 0 Å². The lowest BCUT2D eigenvalue weighted by Gasteiger charge is -2.25. The first-order valence-corrected chi connectivity index (χ1v) is 4.23. The highest BCUT2D eigenvalue weighted by Gasteiger charge is 2.59. The van der Waals surface area contributed by atoms with Crippen molar-refractivity contribution in [3.05, 3.63) is 0 Å². The number of hydrogen-bond donors (Lipinski definition) is 1. The van der Waals surface area contributed by atoms with Gasteiger partial charge in [-0.25, -0.2) is 0 Å². The first-order chi connectivity index (χ1) is 5.60. The van der Waals surface area contributed by atoms with E-state index in [2.05, 4.69) is 0 Å². The van der Waals surface area contributed by atoms with Crippen molar-refractivity contribution < 1.29 is 31.4 Å². The Morgan fingerprint density at radius 2 is 1.31 bits per heavy atom. The van der Waals surface area contributed by atoms with Crippen molar-refractivity contribution in [2.45, 2.75) is 16.3 Å². The largest absolute Gasteiger partial charge is 0.401 e. The minimum Gasteiger partial charge on any atom is -0.395 e. The molecular weight excluding hydrogens is 317 g/mol. The molecule has 0 heterocycles. The van der Waals surface area contributed by atoms with Crippen molar-refractivity contribution in [3.8, 4) is 0 Å². The lowest BCUT2D eigenvalue weighted by Crippen LogP contribution is -2.43. The molecule has 13 heavy (non-hydrogen) atoms. The van der Waals surface area contributed by atoms with Gasteiger partial charge in [-0.05, 0) is 0 Å². The fourth-order valence-corrected chi connectivity index (χ4v) is 1.52. The van der Waals surface area contributed by atoms with E-state index in [4.69, 9.17) is 5.11 Å². The topological polar surface area (TPSA) is 20.2 Å². The van der Waals surface area contributed by atoms with Gasteiger partial charge >= 0.3 is 12.4 Å². The number of hydrogen-bond acceptors (Lipinski definition) is 1. The van der Waals surface area contributed by atoms with Gasteiger partial charge in [-0.2, -0.15) is 26.3 Å². The number of rotatable bonds is 2. The first-order valence-electron chi connectivity index (χ1n) is 2.99. The lowest BCUT2D eigenvalue weighted by molar-refractivity contribution is -0.283. The quantitative estimate of drug-likeness (QED) is 0.471. The maximum Gasteiger partial charge on any atom is 0.401 e. The van der Waals surface area contributed by atoms with Crippen molar-refractivity contribution in [1.82, 2.24) is 0 Å². The number of aliphatic hydroxyl groups excluding tert-OH is 1. The van der Waals surface area contributed by atoms with Gasteiger partial charge in [-0.15, -0.1) is 0 Å². The van der Waals surface area contributed by atoms with Crippen LogP contribution in [0.5, 0.6) is 0 Å². The molecule has 0 amide bonds. The van der Waals surface area contributed by atoms with E-state index in [1.807, 2.05) is 0 Å². The molecule has 80 valence electrons. The number of aliphatic hydroxyl groups is 1. The van der Waals surface area contributed by atoms with Crippen LogP contribution in [0.4, 0.5) is 26.3 Å². The standard InChI is InChI=1S/C5H5F6IO/c6-4(7,8)3(2(12)1-13)5(9,10)11/h2-3,13H,1H2/t2-/m1/s1. The fraction of sp³-hybridized carbons (Fsp3) is 1.00. The van der Waals surface area contributed by atoms with E-state index in [9.17, 15) is 26.3 Å². The molecule has 0 aromatic rings. The van der Waals surface area contributed by atoms with Gasteiger partial charge in [0.1, 0.15) is 0 Å². The van der Waals surface area contributed by atoms with E-state index in [1.54, 1.807) is 0 Å². The second-order valence-electron chi connectivity index (χ2n) is 2.26. The van der Waals surface area contributed by atoms with E-state index < -0.39 is 28.8 Å². The summed E-state index contributed by atoms with van der Waals surface area (Å²) in [5.41, 5.74) is 0. The minimum atomic E-state index is -5.37. The number of halogens is 7. The summed E-state index contributed by atoms with van der Waals surface area (Å²) in [6.07, 6.45) is -10.7. The van der Waals surface area contributed by atoms with Crippen LogP contribution in [-0.2, 0) is 0 Å². The second-order valence-corrected chi connectivity index (χ2v) is 3.86. The summed E-state index contributed by atoms with van der Waals surface area (Å²) in [4.78, 5) is 0. The molecule has 8 heteroatoms. The summed E-state index contributed by atoms with van der Waals surface area (Å²) in [5.74, 6) is -3.47. The zero-order valence-corrected chi connectivity index (χ0v) is 8.11. The van der Waals surface area contributed by atoms with Crippen LogP contribution in [0.2, 0.25) is 0 Å². The normalized spacial score (nSPS) is 16.4. The predicted octanol–water partition coefficient (Wildman–Crippen LogP) is 2.52. The molecule has 0 radical (unpaired) electrons. The Kier molecular flexibility index (Phi) is 4.28. The van der Waals surface area contributed by atoms with Crippen LogP contribution in [0, 0.1) is 5.92 Å². The zero-order chi connectivity index (χ0) is 10.9. The smallest absolute Gasteiger partial charge is 0.395 e. The van der Waals surface area contributed by atoms with Crippen LogP contribution < -0.4 is 0 Å². The van der Waals surface area contributed by atoms with Crippen LogP contribution >= 0.6 is 22.6 Å². The zero-order valence-electron chi connectivity index (χ0n) is 5.95. The average molecular weight is 322 g/mol. The van der Waals surface area contributed by atoms with Crippen molar-refractivity contribution in [2.24, 2.45) is 5.92 Å². The molecule has 0 unspecified atom stereocenters. The molecule has 0 fully saturated rings. The van der Waals surface area contributed by atoms with Gasteiger partial charge in [-0.3, -0.25) is 0 Å². The van der Waals surface area contributed by atoms with Crippen LogP contribution in [0.25, 0.3) is 0 Å². The molecule has 0 rings (SSSR count). The summed E-state index contributed by atoms with van der Waals surface area (Å²) in [5, 5.41) is 8.22. The molecule has 0 aromatic carbocycles. The summed E-state index contributed by atoms with van der Waals surface area (Å²) >= 11 is 0.928. The molecule has 0 aromatic heterocycles. The Hall–Kier alpha value is 0.270. The van der Waals surface area contributed by atoms with Gasteiger partial charge in [0, 0.05) is 0 Å². The predicted molar refractivity (Wildman–Crippen MR) is 40.5 cm³/mol. The first kappa shape index (κ1) is 13.3. The fourth-order valence-electron chi connectivity index (χ4n) is 0.701. The highest BCUT2D eigenvalue weighted by atomic mass is 127. The Labute approximate surface area is 83.2 Å². The van der Waals surface area contributed by atoms with E-state index in [-0.39, 0.29) is 0 Å². The molecule has 0 aliphatic rings. The second kappa shape index (κ2) is 4.20. The maximum absolute atomic E-state index is 11.8. The molecule has 0 spiro atoms. The Morgan fingerprint density at radius 1 is 1.00 bits per heavy atom. The van der Waals surface area contributed by atoms with Crippen LogP contribution in [0.1, 0.15) is 0 Å². The summed E-state index contributed by atoms with van der Waals surface area (Å²) in [7, 11) is 0. The van der Waals surface area contributed by atoms with E-state index >= 15 is 0 Å². The monoisotopic (exact) mass is 322 g/mol. The SMILES string of the molecule is OC[C@@H](I)C(C(F)(F)F)C(F)(F)F. The van der Waals surface area contributed by atoms with Crippen LogP contribution in [0.3, 0.4) is 0 Å². The van der Waals surface area contributed by atoms with Crippen molar-refractivity contribution in [3.63, 3.8) is 0 Å². The van der Waals surface area contributed by atoms with Gasteiger partial charge in [0.25, 0.3) is 0 Å². The van der Waals surface area contributed by atoms with Gasteiger partial charge in [0.05, 0.1) is 10.5 Å². The third kappa shape index (κ3) is 3.88. The third-order valence-corrected chi connectivity index (χ3v) is 2.35. The minimum absolute atomic E-state index is 0.928. The van der Waals surface area contributed by atoms with Gasteiger partial charge < -0.3 is 5.11 Å². The molecule has 0 saturated carbocycles. The Morgan fingerprint density at radius 3 is 1.38 bits per heavy atom. The van der Waals surface area contributed by atoms with Gasteiger partial charge in [-0.1, -0.05) is 22.6 Å². The molecule has 0 bridgehead atoms. The Bertz CT molecular complexity index is 149. The molecule has 1 atom stereocenters. The Balaban J connectivity index is 4.78. The average Bonchev–Trinajstić information content (AvgIpc) is 1.80. The van der Waals surface area contributed by atoms with E-state index in [1.165, 1.54) is 0 Å². The molecule has 1 nitrogen and oxygen atoms in total. The molecule has 0 aliphatic heterocycles. The molecule has 0 saturated heterocycles. The van der Waals surface area contributed by atoms with Gasteiger partial charge in [0.2, 0.25) is 0 Å². The molecule has 1 N–H and O–H groups in total. The highest BCUT2D eigenvalue weighted by molar-refractivity contribution is 14.1. The summed E-state index contributed by atoms with van der Waals surface area (Å²) in [6, 6.07) is 0. The molecular formula is C5H5F6IO. The van der Waals surface area contributed by atoms with Crippen LogP contribution in [0.15, 0.2) is 0 Å².